The highest BCUT2D eigenvalue weighted by atomic mass is 16.2. The third-order valence-corrected chi connectivity index (χ3v) is 1.79. The van der Waals surface area contributed by atoms with Crippen molar-refractivity contribution in [2.75, 3.05) is 18.5 Å². The van der Waals surface area contributed by atoms with E-state index in [0.29, 0.717) is 12.2 Å². The molecule has 84 valence electrons. The number of urea groups is 1. The molecule has 1 aromatic rings. The molecule has 0 unspecified atom stereocenters. The average Bonchev–Trinajstić information content (AvgIpc) is 2.28. The Bertz CT molecular complexity index is 401. The largest absolute Gasteiger partial charge is 0.384 e. The van der Waals surface area contributed by atoms with E-state index < -0.39 is 0 Å². The summed E-state index contributed by atoms with van der Waals surface area (Å²) in [6.45, 7) is 2.29. The van der Waals surface area contributed by atoms with Crippen LogP contribution in [0.25, 0.3) is 0 Å². The Labute approximate surface area is 94.7 Å². The van der Waals surface area contributed by atoms with Crippen LogP contribution in [0.5, 0.6) is 0 Å². The van der Waals surface area contributed by atoms with Gasteiger partial charge in [0.1, 0.15) is 6.61 Å². The number of anilines is 1. The molecule has 0 saturated heterocycles. The van der Waals surface area contributed by atoms with E-state index in [1.165, 1.54) is 0 Å². The second kappa shape index (κ2) is 6.49. The van der Waals surface area contributed by atoms with Crippen LogP contribution in [0.3, 0.4) is 0 Å². The van der Waals surface area contributed by atoms with Crippen LogP contribution in [-0.2, 0) is 0 Å². The quantitative estimate of drug-likeness (QED) is 0.652. The Kier molecular flexibility index (Phi) is 4.90. The van der Waals surface area contributed by atoms with Crippen molar-refractivity contribution >= 4 is 11.7 Å². The molecule has 2 amide bonds. The lowest BCUT2D eigenvalue weighted by Crippen LogP contribution is -2.28. The number of aliphatic hydroxyl groups is 1. The predicted octanol–water partition coefficient (Wildman–Crippen LogP) is 1.17. The fourth-order valence-electron chi connectivity index (χ4n) is 1.11. The van der Waals surface area contributed by atoms with Crippen molar-refractivity contribution in [2.24, 2.45) is 0 Å². The maximum atomic E-state index is 11.2. The number of benzene rings is 1. The molecule has 0 aliphatic carbocycles. The maximum Gasteiger partial charge on any atom is 0.319 e. The maximum absolute atomic E-state index is 11.2. The Morgan fingerprint density at radius 1 is 1.38 bits per heavy atom. The number of hydrogen-bond acceptors (Lipinski definition) is 2. The van der Waals surface area contributed by atoms with Crippen molar-refractivity contribution in [3.05, 3.63) is 29.8 Å². The topological polar surface area (TPSA) is 61.4 Å². The van der Waals surface area contributed by atoms with Crippen LogP contribution in [0, 0.1) is 11.8 Å². The van der Waals surface area contributed by atoms with E-state index in [1.807, 2.05) is 6.92 Å². The van der Waals surface area contributed by atoms with Crippen LogP contribution in [0.4, 0.5) is 10.5 Å². The fourth-order valence-corrected chi connectivity index (χ4v) is 1.11. The van der Waals surface area contributed by atoms with E-state index in [2.05, 4.69) is 22.5 Å². The number of rotatable bonds is 2. The summed E-state index contributed by atoms with van der Waals surface area (Å²) in [5.41, 5.74) is 1.51. The van der Waals surface area contributed by atoms with Crippen LogP contribution in [0.1, 0.15) is 12.5 Å². The second-order valence-corrected chi connectivity index (χ2v) is 3.02. The minimum atomic E-state index is -0.225. The van der Waals surface area contributed by atoms with Crippen molar-refractivity contribution in [3.8, 4) is 11.8 Å². The van der Waals surface area contributed by atoms with Gasteiger partial charge in [-0.2, -0.15) is 0 Å². The molecule has 0 aliphatic heterocycles. The third-order valence-electron chi connectivity index (χ3n) is 1.79. The molecule has 1 rings (SSSR count). The molecule has 0 saturated carbocycles. The Morgan fingerprint density at radius 2 is 2.06 bits per heavy atom. The molecule has 4 heteroatoms. The molecule has 4 nitrogen and oxygen atoms in total. The summed E-state index contributed by atoms with van der Waals surface area (Å²) in [6, 6.07) is 6.86. The molecule has 0 radical (unpaired) electrons. The monoisotopic (exact) mass is 218 g/mol. The van der Waals surface area contributed by atoms with Crippen molar-refractivity contribution in [2.45, 2.75) is 6.92 Å². The highest BCUT2D eigenvalue weighted by Gasteiger charge is 1.98. The van der Waals surface area contributed by atoms with Gasteiger partial charge in [0, 0.05) is 17.8 Å². The first-order valence-electron chi connectivity index (χ1n) is 5.01. The van der Waals surface area contributed by atoms with E-state index in [1.54, 1.807) is 24.3 Å². The van der Waals surface area contributed by atoms with Gasteiger partial charge >= 0.3 is 6.03 Å². The molecule has 0 spiro atoms. The first-order valence-corrected chi connectivity index (χ1v) is 5.01. The van der Waals surface area contributed by atoms with Gasteiger partial charge in [-0.25, -0.2) is 4.79 Å². The SMILES string of the molecule is CCNC(=O)Nc1ccc(C#CCO)cc1. The number of carbonyl (C=O) groups excluding carboxylic acids is 1. The Morgan fingerprint density at radius 3 is 2.62 bits per heavy atom. The summed E-state index contributed by atoms with van der Waals surface area (Å²) >= 11 is 0. The van der Waals surface area contributed by atoms with Gasteiger partial charge in [0.15, 0.2) is 0 Å². The van der Waals surface area contributed by atoms with Gasteiger partial charge in [-0.1, -0.05) is 11.8 Å². The normalized spacial score (nSPS) is 8.88. The summed E-state index contributed by atoms with van der Waals surface area (Å²) in [6.07, 6.45) is 0. The van der Waals surface area contributed by atoms with Crippen LogP contribution >= 0.6 is 0 Å². The number of hydrogen-bond donors (Lipinski definition) is 3. The second-order valence-electron chi connectivity index (χ2n) is 3.02. The van der Waals surface area contributed by atoms with Crippen molar-refractivity contribution < 1.29 is 9.90 Å². The zero-order chi connectivity index (χ0) is 11.8. The molecule has 16 heavy (non-hydrogen) atoms. The van der Waals surface area contributed by atoms with E-state index in [-0.39, 0.29) is 12.6 Å². The lowest BCUT2D eigenvalue weighted by molar-refractivity contribution is 0.252. The van der Waals surface area contributed by atoms with Gasteiger partial charge in [-0.15, -0.1) is 0 Å². The standard InChI is InChI=1S/C12H14N2O2/c1-2-13-12(16)14-11-7-5-10(6-8-11)4-3-9-15/h5-8,15H,2,9H2,1H3,(H2,13,14,16). The van der Waals surface area contributed by atoms with Gasteiger partial charge < -0.3 is 15.7 Å². The highest BCUT2D eigenvalue weighted by Crippen LogP contribution is 2.08. The third kappa shape index (κ3) is 4.03. The fraction of sp³-hybridized carbons (Fsp3) is 0.250. The molecular formula is C12H14N2O2. The Balaban J connectivity index is 2.61. The van der Waals surface area contributed by atoms with Crippen molar-refractivity contribution in [3.63, 3.8) is 0 Å². The molecule has 3 N–H and O–H groups in total. The summed E-state index contributed by atoms with van der Waals surface area (Å²) in [5, 5.41) is 13.8. The minimum absolute atomic E-state index is 0.154. The van der Waals surface area contributed by atoms with Gasteiger partial charge in [0.25, 0.3) is 0 Å². The Hall–Kier alpha value is -1.99. The summed E-state index contributed by atoms with van der Waals surface area (Å²) in [7, 11) is 0. The van der Waals surface area contributed by atoms with Gasteiger partial charge in [-0.3, -0.25) is 0 Å². The van der Waals surface area contributed by atoms with E-state index in [0.717, 1.165) is 5.56 Å². The van der Waals surface area contributed by atoms with E-state index in [9.17, 15) is 4.79 Å². The van der Waals surface area contributed by atoms with E-state index in [4.69, 9.17) is 5.11 Å². The van der Waals surface area contributed by atoms with Gasteiger partial charge in [0.05, 0.1) is 0 Å². The van der Waals surface area contributed by atoms with Crippen LogP contribution in [0.2, 0.25) is 0 Å². The van der Waals surface area contributed by atoms with Crippen LogP contribution in [0.15, 0.2) is 24.3 Å². The van der Waals surface area contributed by atoms with Crippen LogP contribution in [-0.4, -0.2) is 24.3 Å². The minimum Gasteiger partial charge on any atom is -0.384 e. The highest BCUT2D eigenvalue weighted by molar-refractivity contribution is 5.89. The van der Waals surface area contributed by atoms with Crippen molar-refractivity contribution in [1.82, 2.24) is 5.32 Å². The zero-order valence-corrected chi connectivity index (χ0v) is 9.08. The number of carbonyl (C=O) groups is 1. The lowest BCUT2D eigenvalue weighted by Gasteiger charge is -2.05. The number of amides is 2. The molecule has 0 atom stereocenters. The summed E-state index contributed by atoms with van der Waals surface area (Å²) < 4.78 is 0. The van der Waals surface area contributed by atoms with Crippen LogP contribution < -0.4 is 10.6 Å². The molecule has 0 aliphatic rings. The lowest BCUT2D eigenvalue weighted by atomic mass is 10.2. The molecule has 0 aromatic heterocycles. The van der Waals surface area contributed by atoms with Gasteiger partial charge in [0.2, 0.25) is 0 Å². The van der Waals surface area contributed by atoms with E-state index >= 15 is 0 Å². The van der Waals surface area contributed by atoms with Gasteiger partial charge in [-0.05, 0) is 31.2 Å². The summed E-state index contributed by atoms with van der Waals surface area (Å²) in [4.78, 5) is 11.2. The first-order chi connectivity index (χ1) is 7.76. The number of nitrogens with one attached hydrogen (secondary N) is 2. The summed E-state index contributed by atoms with van der Waals surface area (Å²) in [5.74, 6) is 5.32. The molecule has 0 bridgehead atoms. The smallest absolute Gasteiger partial charge is 0.319 e. The molecule has 1 aromatic carbocycles. The average molecular weight is 218 g/mol. The molecular weight excluding hydrogens is 204 g/mol. The zero-order valence-electron chi connectivity index (χ0n) is 9.08. The predicted molar refractivity (Wildman–Crippen MR) is 63.1 cm³/mol. The molecule has 0 fully saturated rings. The number of aliphatic hydroxyl groups excluding tert-OH is 1. The first kappa shape index (κ1) is 12.1. The molecule has 0 heterocycles. The van der Waals surface area contributed by atoms with Crippen molar-refractivity contribution in [1.29, 1.82) is 0 Å².